The van der Waals surface area contributed by atoms with Crippen LogP contribution in [0.4, 0.5) is 4.39 Å². The van der Waals surface area contributed by atoms with Crippen molar-refractivity contribution < 1.29 is 28.9 Å². The summed E-state index contributed by atoms with van der Waals surface area (Å²) in [6, 6.07) is 3.88. The standard InChI is InChI=1S/C11H13FO5/c1-16-7-5-3-4-6(12)8(7)9(13)10(14)11(15)17-2/h3-5,9-10,13-14H,1-2H3. The minimum Gasteiger partial charge on any atom is -0.496 e. The molecule has 0 radical (unpaired) electrons. The summed E-state index contributed by atoms with van der Waals surface area (Å²) in [5.74, 6) is -1.79. The molecule has 17 heavy (non-hydrogen) atoms. The number of hydrogen-bond donors (Lipinski definition) is 2. The molecular weight excluding hydrogens is 231 g/mol. The first-order valence-electron chi connectivity index (χ1n) is 4.79. The van der Waals surface area contributed by atoms with Crippen molar-refractivity contribution in [2.24, 2.45) is 0 Å². The van der Waals surface area contributed by atoms with E-state index in [0.29, 0.717) is 0 Å². The van der Waals surface area contributed by atoms with Crippen LogP contribution in [-0.4, -0.2) is 36.5 Å². The van der Waals surface area contributed by atoms with Crippen LogP contribution in [0.25, 0.3) is 0 Å². The number of aliphatic hydroxyl groups excluding tert-OH is 2. The van der Waals surface area contributed by atoms with E-state index < -0.39 is 24.0 Å². The topological polar surface area (TPSA) is 76.0 Å². The van der Waals surface area contributed by atoms with Crippen molar-refractivity contribution in [1.82, 2.24) is 0 Å². The molecule has 0 aliphatic heterocycles. The number of esters is 1. The van der Waals surface area contributed by atoms with Gasteiger partial charge in [-0.1, -0.05) is 6.07 Å². The van der Waals surface area contributed by atoms with Gasteiger partial charge >= 0.3 is 5.97 Å². The molecule has 5 nitrogen and oxygen atoms in total. The Morgan fingerprint density at radius 2 is 2.00 bits per heavy atom. The minimum absolute atomic E-state index is 0.0421. The summed E-state index contributed by atoms with van der Waals surface area (Å²) in [5, 5.41) is 19.1. The molecule has 0 heterocycles. The normalized spacial score (nSPS) is 13.9. The molecule has 0 amide bonds. The summed E-state index contributed by atoms with van der Waals surface area (Å²) in [6.45, 7) is 0. The van der Waals surface area contributed by atoms with E-state index in [1.54, 1.807) is 0 Å². The van der Waals surface area contributed by atoms with Crippen molar-refractivity contribution >= 4 is 5.97 Å². The Balaban J connectivity index is 3.10. The Hall–Kier alpha value is -1.66. The molecule has 0 saturated carbocycles. The van der Waals surface area contributed by atoms with Crippen molar-refractivity contribution in [2.75, 3.05) is 14.2 Å². The molecule has 94 valence electrons. The van der Waals surface area contributed by atoms with Crippen LogP contribution < -0.4 is 4.74 Å². The first-order chi connectivity index (χ1) is 8.02. The second kappa shape index (κ2) is 5.60. The number of carbonyl (C=O) groups excluding carboxylic acids is 1. The van der Waals surface area contributed by atoms with E-state index in [0.717, 1.165) is 13.2 Å². The van der Waals surface area contributed by atoms with E-state index >= 15 is 0 Å². The Labute approximate surface area is 97.4 Å². The average molecular weight is 244 g/mol. The van der Waals surface area contributed by atoms with E-state index in [-0.39, 0.29) is 11.3 Å². The highest BCUT2D eigenvalue weighted by molar-refractivity contribution is 5.75. The van der Waals surface area contributed by atoms with Gasteiger partial charge in [0.15, 0.2) is 6.10 Å². The SMILES string of the molecule is COC(=O)C(O)C(O)c1c(F)cccc1OC. The number of hydrogen-bond acceptors (Lipinski definition) is 5. The lowest BCUT2D eigenvalue weighted by Gasteiger charge is -2.18. The van der Waals surface area contributed by atoms with Crippen molar-refractivity contribution in [2.45, 2.75) is 12.2 Å². The van der Waals surface area contributed by atoms with E-state index in [4.69, 9.17) is 4.74 Å². The highest BCUT2D eigenvalue weighted by Crippen LogP contribution is 2.30. The molecule has 2 N–H and O–H groups in total. The second-order valence-electron chi connectivity index (χ2n) is 3.27. The molecule has 0 aliphatic carbocycles. The lowest BCUT2D eigenvalue weighted by molar-refractivity contribution is -0.157. The average Bonchev–Trinajstić information content (AvgIpc) is 2.35. The van der Waals surface area contributed by atoms with Crippen LogP contribution in [0.3, 0.4) is 0 Å². The van der Waals surface area contributed by atoms with Crippen molar-refractivity contribution in [3.63, 3.8) is 0 Å². The molecule has 2 atom stereocenters. The summed E-state index contributed by atoms with van der Waals surface area (Å²) in [6.07, 6.45) is -3.62. The minimum atomic E-state index is -1.87. The predicted octanol–water partition coefficient (Wildman–Crippen LogP) is 0.402. The third-order valence-corrected chi connectivity index (χ3v) is 2.27. The largest absolute Gasteiger partial charge is 0.496 e. The molecule has 1 rings (SSSR count). The van der Waals surface area contributed by atoms with Gasteiger partial charge in [-0.05, 0) is 12.1 Å². The quantitative estimate of drug-likeness (QED) is 0.750. The maximum atomic E-state index is 13.5. The third kappa shape index (κ3) is 2.72. The first kappa shape index (κ1) is 13.4. The van der Waals surface area contributed by atoms with Crippen molar-refractivity contribution in [3.8, 4) is 5.75 Å². The van der Waals surface area contributed by atoms with Crippen molar-refractivity contribution in [3.05, 3.63) is 29.6 Å². The van der Waals surface area contributed by atoms with Gasteiger partial charge in [-0.25, -0.2) is 9.18 Å². The molecule has 0 fully saturated rings. The number of rotatable bonds is 4. The third-order valence-electron chi connectivity index (χ3n) is 2.27. The first-order valence-corrected chi connectivity index (χ1v) is 4.79. The highest BCUT2D eigenvalue weighted by atomic mass is 19.1. The van der Waals surface area contributed by atoms with Gasteiger partial charge in [0, 0.05) is 0 Å². The van der Waals surface area contributed by atoms with Crippen LogP contribution in [0.2, 0.25) is 0 Å². The zero-order valence-electron chi connectivity index (χ0n) is 9.38. The van der Waals surface area contributed by atoms with Gasteiger partial charge in [-0.3, -0.25) is 0 Å². The van der Waals surface area contributed by atoms with Crippen LogP contribution in [0.5, 0.6) is 5.75 Å². The van der Waals surface area contributed by atoms with Crippen LogP contribution >= 0.6 is 0 Å². The summed E-state index contributed by atoms with van der Waals surface area (Å²) in [5.41, 5.74) is -0.284. The molecular formula is C11H13FO5. The number of benzene rings is 1. The van der Waals surface area contributed by atoms with Crippen LogP contribution in [0.1, 0.15) is 11.7 Å². The summed E-state index contributed by atoms with van der Waals surface area (Å²) >= 11 is 0. The van der Waals surface area contributed by atoms with E-state index in [2.05, 4.69) is 4.74 Å². The lowest BCUT2D eigenvalue weighted by Crippen LogP contribution is -2.29. The van der Waals surface area contributed by atoms with Crippen LogP contribution in [0.15, 0.2) is 18.2 Å². The predicted molar refractivity (Wildman–Crippen MR) is 55.9 cm³/mol. The number of ether oxygens (including phenoxy) is 2. The van der Waals surface area contributed by atoms with Gasteiger partial charge in [-0.2, -0.15) is 0 Å². The summed E-state index contributed by atoms with van der Waals surface area (Å²) in [7, 11) is 2.34. The zero-order valence-corrected chi connectivity index (χ0v) is 9.38. The van der Waals surface area contributed by atoms with Gasteiger partial charge in [0.1, 0.15) is 17.7 Å². The van der Waals surface area contributed by atoms with Gasteiger partial charge in [0.2, 0.25) is 0 Å². The molecule has 2 unspecified atom stereocenters. The molecule has 0 bridgehead atoms. The number of methoxy groups -OCH3 is 2. The molecule has 0 spiro atoms. The Kier molecular flexibility index (Phi) is 4.42. The van der Waals surface area contributed by atoms with E-state index in [9.17, 15) is 19.4 Å². The number of carbonyl (C=O) groups is 1. The molecule has 0 saturated heterocycles. The Bertz CT molecular complexity index is 407. The van der Waals surface area contributed by atoms with Gasteiger partial charge in [-0.15, -0.1) is 0 Å². The monoisotopic (exact) mass is 244 g/mol. The fourth-order valence-electron chi connectivity index (χ4n) is 1.39. The molecule has 1 aromatic rings. The molecule has 0 aliphatic rings. The van der Waals surface area contributed by atoms with Crippen LogP contribution in [0, 0.1) is 5.82 Å². The molecule has 0 aromatic heterocycles. The van der Waals surface area contributed by atoms with Crippen molar-refractivity contribution in [1.29, 1.82) is 0 Å². The molecule has 6 heteroatoms. The maximum absolute atomic E-state index is 13.5. The van der Waals surface area contributed by atoms with Gasteiger partial charge in [0.25, 0.3) is 0 Å². The maximum Gasteiger partial charge on any atom is 0.337 e. The number of aliphatic hydroxyl groups is 2. The zero-order chi connectivity index (χ0) is 13.0. The Morgan fingerprint density at radius 1 is 1.35 bits per heavy atom. The second-order valence-corrected chi connectivity index (χ2v) is 3.27. The smallest absolute Gasteiger partial charge is 0.337 e. The Morgan fingerprint density at radius 3 is 2.53 bits per heavy atom. The molecule has 1 aromatic carbocycles. The fourth-order valence-corrected chi connectivity index (χ4v) is 1.39. The highest BCUT2D eigenvalue weighted by Gasteiger charge is 2.30. The van der Waals surface area contributed by atoms with E-state index in [1.807, 2.05) is 0 Å². The summed E-state index contributed by atoms with van der Waals surface area (Å²) < 4.78 is 22.6. The van der Waals surface area contributed by atoms with Gasteiger partial charge < -0.3 is 19.7 Å². The lowest BCUT2D eigenvalue weighted by atomic mass is 10.0. The number of halogens is 1. The van der Waals surface area contributed by atoms with Gasteiger partial charge in [0.05, 0.1) is 19.8 Å². The fraction of sp³-hybridized carbons (Fsp3) is 0.364. The van der Waals surface area contributed by atoms with E-state index in [1.165, 1.54) is 19.2 Å². The summed E-state index contributed by atoms with van der Waals surface area (Å²) in [4.78, 5) is 11.0. The van der Waals surface area contributed by atoms with Crippen LogP contribution in [-0.2, 0) is 9.53 Å².